The number of carbonyl (C=O) groups excluding carboxylic acids is 2. The number of aromatic nitrogens is 1. The van der Waals surface area contributed by atoms with Crippen molar-refractivity contribution in [2.45, 2.75) is 26.3 Å². The Balaban J connectivity index is 1.77. The highest BCUT2D eigenvalue weighted by Crippen LogP contribution is 2.26. The zero-order chi connectivity index (χ0) is 18.0. The van der Waals surface area contributed by atoms with Crippen LogP contribution in [0.3, 0.4) is 0 Å². The van der Waals surface area contributed by atoms with E-state index in [-0.39, 0.29) is 24.1 Å². The molecule has 0 saturated carbocycles. The zero-order valence-corrected chi connectivity index (χ0v) is 14.4. The molecule has 0 aliphatic carbocycles. The van der Waals surface area contributed by atoms with Crippen molar-refractivity contribution in [2.24, 2.45) is 0 Å². The molecular weight excluding hydrogens is 342 g/mol. The molecular formula is C17H17N3O4S. The maximum Gasteiger partial charge on any atom is 0.355 e. The normalized spacial score (nSPS) is 14.0. The summed E-state index contributed by atoms with van der Waals surface area (Å²) in [5, 5.41) is 13.6. The predicted molar refractivity (Wildman–Crippen MR) is 93.0 cm³/mol. The zero-order valence-electron chi connectivity index (χ0n) is 13.6. The van der Waals surface area contributed by atoms with E-state index in [1.54, 1.807) is 17.0 Å². The molecule has 0 spiro atoms. The molecule has 0 radical (unpaired) electrons. The van der Waals surface area contributed by atoms with Gasteiger partial charge in [0.15, 0.2) is 5.69 Å². The number of nitrogens with zero attached hydrogens (tertiary/aromatic N) is 2. The lowest BCUT2D eigenvalue weighted by Crippen LogP contribution is -2.29. The third kappa shape index (κ3) is 3.69. The topological polar surface area (TPSA) is 99.6 Å². The third-order valence-electron chi connectivity index (χ3n) is 3.93. The molecule has 1 aliphatic rings. The second-order valence-electron chi connectivity index (χ2n) is 5.78. The molecule has 1 saturated heterocycles. The van der Waals surface area contributed by atoms with E-state index in [1.165, 1.54) is 16.7 Å². The number of rotatable bonds is 5. The quantitative estimate of drug-likeness (QED) is 0.853. The molecule has 25 heavy (non-hydrogen) atoms. The highest BCUT2D eigenvalue weighted by atomic mass is 32.1. The highest BCUT2D eigenvalue weighted by molar-refractivity contribution is 7.09. The van der Waals surface area contributed by atoms with Gasteiger partial charge in [0.25, 0.3) is 5.91 Å². The average molecular weight is 359 g/mol. The van der Waals surface area contributed by atoms with Gasteiger partial charge in [-0.05, 0) is 25.5 Å². The minimum absolute atomic E-state index is 0.0175. The van der Waals surface area contributed by atoms with E-state index in [0.29, 0.717) is 29.2 Å². The maximum atomic E-state index is 12.6. The molecule has 130 valence electrons. The van der Waals surface area contributed by atoms with Crippen LogP contribution in [0.1, 0.15) is 44.3 Å². The summed E-state index contributed by atoms with van der Waals surface area (Å²) < 4.78 is 0. The Labute approximate surface area is 148 Å². The molecule has 1 aliphatic heterocycles. The van der Waals surface area contributed by atoms with Crippen molar-refractivity contribution < 1.29 is 19.5 Å². The van der Waals surface area contributed by atoms with Crippen LogP contribution >= 0.6 is 11.3 Å². The molecule has 0 atom stereocenters. The molecule has 2 amide bonds. The largest absolute Gasteiger partial charge is 0.476 e. The van der Waals surface area contributed by atoms with Crippen LogP contribution < -0.4 is 10.2 Å². The molecule has 1 aromatic carbocycles. The SMILES string of the molecule is Cc1ccc(N2CCCC2=O)c(C(=O)NCc2nc(C(=O)O)cs2)c1. The van der Waals surface area contributed by atoms with E-state index >= 15 is 0 Å². The fourth-order valence-electron chi connectivity index (χ4n) is 2.71. The molecule has 2 heterocycles. The number of carboxylic acid groups (broad SMARTS) is 1. The van der Waals surface area contributed by atoms with Gasteiger partial charge in [0.2, 0.25) is 5.91 Å². The van der Waals surface area contributed by atoms with Crippen molar-refractivity contribution >= 4 is 34.8 Å². The van der Waals surface area contributed by atoms with Crippen LogP contribution in [0.25, 0.3) is 0 Å². The number of carbonyl (C=O) groups is 3. The lowest BCUT2D eigenvalue weighted by Gasteiger charge is -2.19. The fourth-order valence-corrected chi connectivity index (χ4v) is 3.42. The minimum atomic E-state index is -1.10. The van der Waals surface area contributed by atoms with E-state index in [1.807, 2.05) is 13.0 Å². The molecule has 0 bridgehead atoms. The first kappa shape index (κ1) is 17.1. The lowest BCUT2D eigenvalue weighted by molar-refractivity contribution is -0.117. The molecule has 7 nitrogen and oxygen atoms in total. The number of amides is 2. The second-order valence-corrected chi connectivity index (χ2v) is 6.73. The van der Waals surface area contributed by atoms with Crippen LogP contribution in [0.4, 0.5) is 5.69 Å². The number of aryl methyl sites for hydroxylation is 1. The van der Waals surface area contributed by atoms with Crippen molar-refractivity contribution in [2.75, 3.05) is 11.4 Å². The van der Waals surface area contributed by atoms with Gasteiger partial charge in [-0.1, -0.05) is 11.6 Å². The van der Waals surface area contributed by atoms with Gasteiger partial charge in [-0.3, -0.25) is 9.59 Å². The van der Waals surface area contributed by atoms with Crippen molar-refractivity contribution in [1.82, 2.24) is 10.3 Å². The summed E-state index contributed by atoms with van der Waals surface area (Å²) in [6.45, 7) is 2.63. The van der Waals surface area contributed by atoms with E-state index in [2.05, 4.69) is 10.3 Å². The van der Waals surface area contributed by atoms with Crippen LogP contribution in [-0.4, -0.2) is 34.4 Å². The minimum Gasteiger partial charge on any atom is -0.476 e. The average Bonchev–Trinajstić information content (AvgIpc) is 3.21. The van der Waals surface area contributed by atoms with Gasteiger partial charge in [-0.25, -0.2) is 9.78 Å². The van der Waals surface area contributed by atoms with Gasteiger partial charge in [0.05, 0.1) is 17.8 Å². The van der Waals surface area contributed by atoms with E-state index in [9.17, 15) is 14.4 Å². The van der Waals surface area contributed by atoms with Gasteiger partial charge in [0, 0.05) is 18.3 Å². The Hall–Kier alpha value is -2.74. The van der Waals surface area contributed by atoms with Crippen LogP contribution in [-0.2, 0) is 11.3 Å². The van der Waals surface area contributed by atoms with E-state index < -0.39 is 5.97 Å². The number of nitrogens with one attached hydrogen (secondary N) is 1. The Morgan fingerprint density at radius 3 is 2.84 bits per heavy atom. The summed E-state index contributed by atoms with van der Waals surface area (Å²) in [6, 6.07) is 5.41. The third-order valence-corrected chi connectivity index (χ3v) is 4.78. The summed E-state index contributed by atoms with van der Waals surface area (Å²) in [7, 11) is 0. The molecule has 1 aromatic heterocycles. The van der Waals surface area contributed by atoms with Crippen LogP contribution in [0, 0.1) is 6.92 Å². The van der Waals surface area contributed by atoms with Crippen molar-refractivity contribution in [3.63, 3.8) is 0 Å². The van der Waals surface area contributed by atoms with Gasteiger partial charge in [-0.2, -0.15) is 0 Å². The number of carboxylic acids is 1. The molecule has 2 N–H and O–H groups in total. The Bertz CT molecular complexity index is 846. The summed E-state index contributed by atoms with van der Waals surface area (Å²) in [5.74, 6) is -1.39. The second kappa shape index (κ2) is 7.02. The summed E-state index contributed by atoms with van der Waals surface area (Å²) in [4.78, 5) is 41.1. The number of hydrogen-bond acceptors (Lipinski definition) is 5. The first-order valence-electron chi connectivity index (χ1n) is 7.82. The molecule has 2 aromatic rings. The van der Waals surface area contributed by atoms with Crippen LogP contribution in [0.2, 0.25) is 0 Å². The van der Waals surface area contributed by atoms with Gasteiger partial charge in [-0.15, -0.1) is 11.3 Å². The molecule has 0 unspecified atom stereocenters. The molecule has 8 heteroatoms. The number of anilines is 1. The summed E-state index contributed by atoms with van der Waals surface area (Å²) in [6.07, 6.45) is 1.27. The molecule has 1 fully saturated rings. The van der Waals surface area contributed by atoms with Gasteiger partial charge >= 0.3 is 5.97 Å². The standard InChI is InChI=1S/C17H17N3O4S/c1-10-4-5-13(20-6-2-3-15(20)21)11(7-10)16(22)18-8-14-19-12(9-25-14)17(23)24/h4-5,7,9H,2-3,6,8H2,1H3,(H,18,22)(H,23,24). The monoisotopic (exact) mass is 359 g/mol. The maximum absolute atomic E-state index is 12.6. The van der Waals surface area contributed by atoms with Crippen LogP contribution in [0.15, 0.2) is 23.6 Å². The number of aromatic carboxylic acids is 1. The van der Waals surface area contributed by atoms with Crippen molar-refractivity contribution in [3.05, 3.63) is 45.4 Å². The van der Waals surface area contributed by atoms with Gasteiger partial charge < -0.3 is 15.3 Å². The Morgan fingerprint density at radius 1 is 1.40 bits per heavy atom. The number of hydrogen-bond donors (Lipinski definition) is 2. The first-order chi connectivity index (χ1) is 12.0. The van der Waals surface area contributed by atoms with Gasteiger partial charge in [0.1, 0.15) is 5.01 Å². The Kier molecular flexibility index (Phi) is 4.80. The summed E-state index contributed by atoms with van der Waals surface area (Å²) in [5.41, 5.74) is 1.93. The fraction of sp³-hybridized carbons (Fsp3) is 0.294. The molecule has 3 rings (SSSR count). The van der Waals surface area contributed by atoms with Crippen molar-refractivity contribution in [3.8, 4) is 0 Å². The van der Waals surface area contributed by atoms with E-state index in [0.717, 1.165) is 12.0 Å². The predicted octanol–water partition coefficient (Wildman–Crippen LogP) is 2.21. The van der Waals surface area contributed by atoms with E-state index in [4.69, 9.17) is 5.11 Å². The first-order valence-corrected chi connectivity index (χ1v) is 8.70. The highest BCUT2D eigenvalue weighted by Gasteiger charge is 2.26. The summed E-state index contributed by atoms with van der Waals surface area (Å²) >= 11 is 1.18. The smallest absolute Gasteiger partial charge is 0.355 e. The lowest BCUT2D eigenvalue weighted by atomic mass is 10.1. The van der Waals surface area contributed by atoms with Crippen molar-refractivity contribution in [1.29, 1.82) is 0 Å². The number of benzene rings is 1. The number of thiazole rings is 1. The van der Waals surface area contributed by atoms with Crippen LogP contribution in [0.5, 0.6) is 0 Å². The Morgan fingerprint density at radius 2 is 2.20 bits per heavy atom.